The summed E-state index contributed by atoms with van der Waals surface area (Å²) in [5, 5.41) is 5.74. The van der Waals surface area contributed by atoms with Crippen LogP contribution < -0.4 is 16.4 Å². The Hall–Kier alpha value is -1.62. The zero-order chi connectivity index (χ0) is 12.8. The zero-order valence-electron chi connectivity index (χ0n) is 10.5. The topological polar surface area (TPSA) is 80.0 Å². The Balaban J connectivity index is 2.63. The van der Waals surface area contributed by atoms with Crippen LogP contribution in [0.2, 0.25) is 0 Å². The first kappa shape index (κ1) is 13.4. The summed E-state index contributed by atoms with van der Waals surface area (Å²) in [5.41, 5.74) is 7.19. The van der Waals surface area contributed by atoms with Crippen molar-refractivity contribution in [3.05, 3.63) is 24.0 Å². The van der Waals surface area contributed by atoms with Gasteiger partial charge in [0.2, 0.25) is 0 Å². The smallest absolute Gasteiger partial charge is 0.269 e. The number of hydrogen-bond acceptors (Lipinski definition) is 4. The fraction of sp³-hybridized carbons (Fsp3) is 0.500. The summed E-state index contributed by atoms with van der Waals surface area (Å²) < 4.78 is 0. The molecule has 5 nitrogen and oxygen atoms in total. The molecule has 0 fully saturated rings. The van der Waals surface area contributed by atoms with E-state index in [9.17, 15) is 4.79 Å². The SMILES string of the molecule is CNC(=O)c1cc(NCC(N)C(C)C)ccn1. The van der Waals surface area contributed by atoms with Crippen molar-refractivity contribution in [1.82, 2.24) is 10.3 Å². The fourth-order valence-corrected chi connectivity index (χ4v) is 1.26. The first-order valence-electron chi connectivity index (χ1n) is 5.72. The number of nitrogens with one attached hydrogen (secondary N) is 2. The maximum atomic E-state index is 11.4. The molecule has 1 amide bonds. The molecule has 0 spiro atoms. The molecule has 0 aromatic carbocycles. The number of aromatic nitrogens is 1. The van der Waals surface area contributed by atoms with Crippen molar-refractivity contribution in [2.75, 3.05) is 18.9 Å². The Labute approximate surface area is 102 Å². The van der Waals surface area contributed by atoms with Crippen LogP contribution in [0.5, 0.6) is 0 Å². The minimum absolute atomic E-state index is 0.0895. The van der Waals surface area contributed by atoms with E-state index in [1.807, 2.05) is 6.07 Å². The summed E-state index contributed by atoms with van der Waals surface area (Å²) in [5.74, 6) is 0.226. The summed E-state index contributed by atoms with van der Waals surface area (Å²) in [7, 11) is 1.58. The van der Waals surface area contributed by atoms with E-state index in [1.54, 1.807) is 19.3 Å². The fourth-order valence-electron chi connectivity index (χ4n) is 1.26. The molecular formula is C12H20N4O. The highest BCUT2D eigenvalue weighted by Gasteiger charge is 2.08. The molecule has 0 radical (unpaired) electrons. The molecule has 1 aromatic heterocycles. The second kappa shape index (κ2) is 6.20. The maximum Gasteiger partial charge on any atom is 0.269 e. The Morgan fingerprint density at radius 1 is 1.53 bits per heavy atom. The molecule has 0 bridgehead atoms. The number of nitrogens with zero attached hydrogens (tertiary/aromatic N) is 1. The molecule has 1 aromatic rings. The van der Waals surface area contributed by atoms with E-state index in [2.05, 4.69) is 29.5 Å². The molecule has 0 saturated carbocycles. The van der Waals surface area contributed by atoms with Gasteiger partial charge in [-0.3, -0.25) is 9.78 Å². The summed E-state index contributed by atoms with van der Waals surface area (Å²) >= 11 is 0. The summed E-state index contributed by atoms with van der Waals surface area (Å²) in [6.45, 7) is 4.83. The first-order chi connectivity index (χ1) is 8.04. The number of anilines is 1. The van der Waals surface area contributed by atoms with Crippen molar-refractivity contribution < 1.29 is 4.79 Å². The number of pyridine rings is 1. The molecule has 1 rings (SSSR count). The molecule has 0 aliphatic rings. The maximum absolute atomic E-state index is 11.4. The van der Waals surface area contributed by atoms with Crippen molar-refractivity contribution >= 4 is 11.6 Å². The van der Waals surface area contributed by atoms with Crippen molar-refractivity contribution in [2.24, 2.45) is 11.7 Å². The molecule has 4 N–H and O–H groups in total. The summed E-state index contributed by atoms with van der Waals surface area (Å²) in [4.78, 5) is 15.4. The highest BCUT2D eigenvalue weighted by molar-refractivity contribution is 5.92. The van der Waals surface area contributed by atoms with Crippen molar-refractivity contribution in [1.29, 1.82) is 0 Å². The van der Waals surface area contributed by atoms with Gasteiger partial charge >= 0.3 is 0 Å². The number of hydrogen-bond donors (Lipinski definition) is 3. The predicted octanol–water partition coefficient (Wildman–Crippen LogP) is 0.836. The number of carbonyl (C=O) groups is 1. The molecule has 1 heterocycles. The van der Waals surface area contributed by atoms with E-state index in [1.165, 1.54) is 0 Å². The molecule has 0 aliphatic carbocycles. The van der Waals surface area contributed by atoms with E-state index in [0.717, 1.165) is 5.69 Å². The quantitative estimate of drug-likeness (QED) is 0.707. The Kier molecular flexibility index (Phi) is 4.90. The van der Waals surface area contributed by atoms with E-state index < -0.39 is 0 Å². The lowest BCUT2D eigenvalue weighted by Gasteiger charge is -2.17. The average Bonchev–Trinajstić information content (AvgIpc) is 2.35. The molecule has 5 heteroatoms. The lowest BCUT2D eigenvalue weighted by molar-refractivity contribution is 0.0958. The summed E-state index contributed by atoms with van der Waals surface area (Å²) in [6, 6.07) is 3.62. The Bertz CT molecular complexity index is 379. The zero-order valence-corrected chi connectivity index (χ0v) is 10.5. The van der Waals surface area contributed by atoms with Crippen LogP contribution in [-0.2, 0) is 0 Å². The number of rotatable bonds is 5. The number of amides is 1. The number of carbonyl (C=O) groups excluding carboxylic acids is 1. The van der Waals surface area contributed by atoms with Crippen LogP contribution in [0, 0.1) is 5.92 Å². The molecule has 1 unspecified atom stereocenters. The monoisotopic (exact) mass is 236 g/mol. The van der Waals surface area contributed by atoms with E-state index in [0.29, 0.717) is 18.2 Å². The van der Waals surface area contributed by atoms with Crippen LogP contribution >= 0.6 is 0 Å². The summed E-state index contributed by atoms with van der Waals surface area (Å²) in [6.07, 6.45) is 1.60. The third-order valence-corrected chi connectivity index (χ3v) is 2.62. The van der Waals surface area contributed by atoms with Crippen LogP contribution in [0.3, 0.4) is 0 Å². The lowest BCUT2D eigenvalue weighted by atomic mass is 10.1. The van der Waals surface area contributed by atoms with Gasteiger partial charge in [0.25, 0.3) is 5.91 Å². The second-order valence-electron chi connectivity index (χ2n) is 4.30. The van der Waals surface area contributed by atoms with Crippen LogP contribution in [0.4, 0.5) is 5.69 Å². The second-order valence-corrected chi connectivity index (χ2v) is 4.30. The van der Waals surface area contributed by atoms with E-state index in [-0.39, 0.29) is 11.9 Å². The van der Waals surface area contributed by atoms with Gasteiger partial charge in [-0.1, -0.05) is 13.8 Å². The van der Waals surface area contributed by atoms with Gasteiger partial charge in [0.05, 0.1) is 0 Å². The van der Waals surface area contributed by atoms with Crippen LogP contribution in [0.15, 0.2) is 18.3 Å². The van der Waals surface area contributed by atoms with Gasteiger partial charge in [-0.25, -0.2) is 0 Å². The van der Waals surface area contributed by atoms with Gasteiger partial charge in [-0.05, 0) is 18.1 Å². The largest absolute Gasteiger partial charge is 0.383 e. The average molecular weight is 236 g/mol. The minimum atomic E-state index is -0.193. The normalized spacial score (nSPS) is 12.3. The molecule has 94 valence electrons. The van der Waals surface area contributed by atoms with Crippen molar-refractivity contribution in [3.63, 3.8) is 0 Å². The highest BCUT2D eigenvalue weighted by atomic mass is 16.1. The van der Waals surface area contributed by atoms with E-state index >= 15 is 0 Å². The molecular weight excluding hydrogens is 216 g/mol. The third kappa shape index (κ3) is 4.03. The van der Waals surface area contributed by atoms with Crippen LogP contribution in [0.25, 0.3) is 0 Å². The van der Waals surface area contributed by atoms with Gasteiger partial charge in [0.1, 0.15) is 5.69 Å². The van der Waals surface area contributed by atoms with E-state index in [4.69, 9.17) is 5.73 Å². The molecule has 1 atom stereocenters. The van der Waals surface area contributed by atoms with Gasteiger partial charge in [0, 0.05) is 31.5 Å². The highest BCUT2D eigenvalue weighted by Crippen LogP contribution is 2.09. The Morgan fingerprint density at radius 3 is 2.82 bits per heavy atom. The van der Waals surface area contributed by atoms with Gasteiger partial charge in [-0.2, -0.15) is 0 Å². The van der Waals surface area contributed by atoms with Crippen molar-refractivity contribution in [3.8, 4) is 0 Å². The van der Waals surface area contributed by atoms with Gasteiger partial charge in [0.15, 0.2) is 0 Å². The van der Waals surface area contributed by atoms with Crippen molar-refractivity contribution in [2.45, 2.75) is 19.9 Å². The Morgan fingerprint density at radius 2 is 2.24 bits per heavy atom. The predicted molar refractivity (Wildman–Crippen MR) is 68.9 cm³/mol. The van der Waals surface area contributed by atoms with Crippen LogP contribution in [0.1, 0.15) is 24.3 Å². The van der Waals surface area contributed by atoms with Crippen LogP contribution in [-0.4, -0.2) is 30.5 Å². The lowest BCUT2D eigenvalue weighted by Crippen LogP contribution is -2.34. The minimum Gasteiger partial charge on any atom is -0.383 e. The standard InChI is InChI=1S/C12H20N4O/c1-8(2)10(13)7-16-9-4-5-15-11(6-9)12(17)14-3/h4-6,8,10H,7,13H2,1-3H3,(H,14,17)(H,15,16). The van der Waals surface area contributed by atoms with Gasteiger partial charge in [-0.15, -0.1) is 0 Å². The third-order valence-electron chi connectivity index (χ3n) is 2.62. The molecule has 17 heavy (non-hydrogen) atoms. The molecule has 0 saturated heterocycles. The number of nitrogens with two attached hydrogens (primary N) is 1. The first-order valence-corrected chi connectivity index (χ1v) is 5.72. The van der Waals surface area contributed by atoms with Gasteiger partial charge < -0.3 is 16.4 Å². The molecule has 0 aliphatic heterocycles.